The van der Waals surface area contributed by atoms with E-state index in [9.17, 15) is 17.6 Å². The molecule has 8 heteroatoms. The lowest BCUT2D eigenvalue weighted by molar-refractivity contribution is -0.126. The highest BCUT2D eigenvalue weighted by molar-refractivity contribution is 7.89. The fourth-order valence-electron chi connectivity index (χ4n) is 2.25. The van der Waals surface area contributed by atoms with Crippen molar-refractivity contribution in [2.45, 2.75) is 17.7 Å². The van der Waals surface area contributed by atoms with E-state index in [2.05, 4.69) is 0 Å². The molecule has 0 aliphatic carbocycles. The molecule has 0 unspecified atom stereocenters. The third-order valence-corrected chi connectivity index (χ3v) is 5.23. The number of carbonyl (C=O) groups excluding carboxylic acids is 1. The maximum Gasteiger partial charge on any atom is 0.243 e. The van der Waals surface area contributed by atoms with Crippen molar-refractivity contribution in [3.63, 3.8) is 0 Å². The Balaban J connectivity index is 2.21. The van der Waals surface area contributed by atoms with Gasteiger partial charge in [-0.3, -0.25) is 10.2 Å². The van der Waals surface area contributed by atoms with Gasteiger partial charge < -0.3 is 0 Å². The minimum Gasteiger partial charge on any atom is -0.294 e. The maximum atomic E-state index is 12.9. The van der Waals surface area contributed by atoms with Crippen molar-refractivity contribution in [1.82, 2.24) is 9.73 Å². The van der Waals surface area contributed by atoms with E-state index in [-0.39, 0.29) is 17.3 Å². The molecule has 0 aromatic heterocycles. The Morgan fingerprint density at radius 2 is 2.00 bits per heavy atom. The molecule has 6 nitrogen and oxygen atoms in total. The molecular weight excluding hydrogens is 285 g/mol. The van der Waals surface area contributed by atoms with E-state index >= 15 is 0 Å². The van der Waals surface area contributed by atoms with Crippen LogP contribution in [0.5, 0.6) is 0 Å². The molecule has 1 fully saturated rings. The van der Waals surface area contributed by atoms with E-state index in [1.165, 1.54) is 16.4 Å². The van der Waals surface area contributed by atoms with Crippen molar-refractivity contribution >= 4 is 15.9 Å². The molecular formula is C12H16FN3O3S. The van der Waals surface area contributed by atoms with Crippen LogP contribution >= 0.6 is 0 Å². The zero-order valence-electron chi connectivity index (χ0n) is 10.8. The predicted molar refractivity (Wildman–Crippen MR) is 70.2 cm³/mol. The van der Waals surface area contributed by atoms with Gasteiger partial charge in [0.15, 0.2) is 0 Å². The van der Waals surface area contributed by atoms with Crippen LogP contribution in [0.4, 0.5) is 4.39 Å². The Morgan fingerprint density at radius 3 is 2.60 bits per heavy atom. The van der Waals surface area contributed by atoms with Crippen LogP contribution in [0.2, 0.25) is 0 Å². The van der Waals surface area contributed by atoms with Gasteiger partial charge in [-0.15, -0.1) is 0 Å². The van der Waals surface area contributed by atoms with Crippen molar-refractivity contribution in [2.75, 3.05) is 13.1 Å². The summed E-state index contributed by atoms with van der Waals surface area (Å²) in [6, 6.07) is 4.64. The van der Waals surface area contributed by atoms with Crippen LogP contribution in [-0.4, -0.2) is 31.7 Å². The minimum atomic E-state index is -3.71. The standard InChI is InChI=1S/C12H16FN3O3S/c13-10-3-5-11(6-4-10)20(18,19)16-7-1-2-9(8-16)12(17)15-14/h3-6,9H,1-2,7-8,14H2,(H,15,17)/t9-/m1/s1. The molecule has 0 saturated carbocycles. The van der Waals surface area contributed by atoms with Crippen LogP contribution < -0.4 is 11.3 Å². The van der Waals surface area contributed by atoms with Gasteiger partial charge in [0.1, 0.15) is 5.82 Å². The molecule has 1 aromatic carbocycles. The maximum absolute atomic E-state index is 12.9. The number of benzene rings is 1. The Kier molecular flexibility index (Phi) is 4.36. The first-order valence-corrected chi connectivity index (χ1v) is 7.65. The molecule has 2 rings (SSSR count). The zero-order chi connectivity index (χ0) is 14.8. The van der Waals surface area contributed by atoms with Gasteiger partial charge in [0.2, 0.25) is 15.9 Å². The van der Waals surface area contributed by atoms with Gasteiger partial charge in [-0.1, -0.05) is 0 Å². The second kappa shape index (κ2) is 5.86. The number of piperidine rings is 1. The van der Waals surface area contributed by atoms with Crippen LogP contribution in [0.25, 0.3) is 0 Å². The average molecular weight is 301 g/mol. The molecule has 110 valence electrons. The van der Waals surface area contributed by atoms with Crippen molar-refractivity contribution in [1.29, 1.82) is 0 Å². The number of rotatable bonds is 3. The Morgan fingerprint density at radius 1 is 1.35 bits per heavy atom. The molecule has 3 N–H and O–H groups in total. The first kappa shape index (κ1) is 14.9. The smallest absolute Gasteiger partial charge is 0.243 e. The van der Waals surface area contributed by atoms with Crippen molar-refractivity contribution < 1.29 is 17.6 Å². The second-order valence-electron chi connectivity index (χ2n) is 4.66. The normalized spacial score (nSPS) is 20.6. The SMILES string of the molecule is NNC(=O)[C@@H]1CCCN(S(=O)(=O)c2ccc(F)cc2)C1. The summed E-state index contributed by atoms with van der Waals surface area (Å²) in [5.41, 5.74) is 2.04. The van der Waals surface area contributed by atoms with Crippen LogP contribution in [0, 0.1) is 11.7 Å². The summed E-state index contributed by atoms with van der Waals surface area (Å²) in [6.07, 6.45) is 1.18. The summed E-state index contributed by atoms with van der Waals surface area (Å²) in [5.74, 6) is 3.75. The lowest BCUT2D eigenvalue weighted by Crippen LogP contribution is -2.46. The van der Waals surface area contributed by atoms with Gasteiger partial charge in [-0.2, -0.15) is 4.31 Å². The predicted octanol–water partition coefficient (Wildman–Crippen LogP) is 0.216. The first-order valence-electron chi connectivity index (χ1n) is 6.21. The number of nitrogens with one attached hydrogen (secondary N) is 1. The number of sulfonamides is 1. The fourth-order valence-corrected chi connectivity index (χ4v) is 3.77. The quantitative estimate of drug-likeness (QED) is 0.474. The van der Waals surface area contributed by atoms with Gasteiger partial charge in [0.25, 0.3) is 0 Å². The van der Waals surface area contributed by atoms with Crippen molar-refractivity contribution in [3.05, 3.63) is 30.1 Å². The summed E-state index contributed by atoms with van der Waals surface area (Å²) in [5, 5.41) is 0. The van der Waals surface area contributed by atoms with Gasteiger partial charge in [0, 0.05) is 13.1 Å². The number of nitrogens with two attached hydrogens (primary N) is 1. The Labute approximate surface area is 116 Å². The summed E-state index contributed by atoms with van der Waals surface area (Å²) < 4.78 is 38.9. The number of carbonyl (C=O) groups is 1. The van der Waals surface area contributed by atoms with E-state index in [0.29, 0.717) is 19.4 Å². The summed E-state index contributed by atoms with van der Waals surface area (Å²) in [6.45, 7) is 0.427. The van der Waals surface area contributed by atoms with Crippen molar-refractivity contribution in [3.8, 4) is 0 Å². The summed E-state index contributed by atoms with van der Waals surface area (Å²) in [7, 11) is -3.71. The molecule has 0 bridgehead atoms. The van der Waals surface area contributed by atoms with Crippen molar-refractivity contribution in [2.24, 2.45) is 11.8 Å². The minimum absolute atomic E-state index is 0.0210. The summed E-state index contributed by atoms with van der Waals surface area (Å²) in [4.78, 5) is 11.5. The van der Waals surface area contributed by atoms with Crippen LogP contribution in [-0.2, 0) is 14.8 Å². The van der Waals surface area contributed by atoms with Crippen LogP contribution in [0.3, 0.4) is 0 Å². The highest BCUT2D eigenvalue weighted by Crippen LogP contribution is 2.23. The molecule has 1 heterocycles. The lowest BCUT2D eigenvalue weighted by atomic mass is 9.99. The lowest BCUT2D eigenvalue weighted by Gasteiger charge is -2.30. The van der Waals surface area contributed by atoms with Crippen LogP contribution in [0.1, 0.15) is 12.8 Å². The molecule has 1 aliphatic heterocycles. The monoisotopic (exact) mass is 301 g/mol. The van der Waals surface area contributed by atoms with E-state index in [4.69, 9.17) is 5.84 Å². The van der Waals surface area contributed by atoms with Gasteiger partial charge in [-0.25, -0.2) is 18.7 Å². The summed E-state index contributed by atoms with van der Waals surface area (Å²) >= 11 is 0. The van der Waals surface area contributed by atoms with E-state index in [0.717, 1.165) is 12.1 Å². The number of hydrazine groups is 1. The zero-order valence-corrected chi connectivity index (χ0v) is 11.6. The topological polar surface area (TPSA) is 92.5 Å². The fraction of sp³-hybridized carbons (Fsp3) is 0.417. The van der Waals surface area contributed by atoms with E-state index in [1.807, 2.05) is 5.43 Å². The Hall–Kier alpha value is -1.51. The largest absolute Gasteiger partial charge is 0.294 e. The van der Waals surface area contributed by atoms with E-state index < -0.39 is 21.8 Å². The molecule has 1 amide bonds. The number of amides is 1. The van der Waals surface area contributed by atoms with Gasteiger partial charge in [0.05, 0.1) is 10.8 Å². The van der Waals surface area contributed by atoms with Gasteiger partial charge in [-0.05, 0) is 37.1 Å². The molecule has 20 heavy (non-hydrogen) atoms. The number of halogens is 1. The number of nitrogens with zero attached hydrogens (tertiary/aromatic N) is 1. The molecule has 1 atom stereocenters. The first-order chi connectivity index (χ1) is 9.45. The molecule has 1 saturated heterocycles. The highest BCUT2D eigenvalue weighted by atomic mass is 32.2. The molecule has 0 spiro atoms. The Bertz CT molecular complexity index is 588. The molecule has 0 radical (unpaired) electrons. The second-order valence-corrected chi connectivity index (χ2v) is 6.60. The number of hydrogen-bond donors (Lipinski definition) is 2. The third-order valence-electron chi connectivity index (χ3n) is 3.35. The average Bonchev–Trinajstić information content (AvgIpc) is 2.47. The number of hydrogen-bond acceptors (Lipinski definition) is 4. The van der Waals surface area contributed by atoms with Crippen LogP contribution in [0.15, 0.2) is 29.2 Å². The highest BCUT2D eigenvalue weighted by Gasteiger charge is 2.32. The van der Waals surface area contributed by atoms with Gasteiger partial charge >= 0.3 is 0 Å². The third kappa shape index (κ3) is 2.97. The molecule has 1 aliphatic rings. The molecule has 1 aromatic rings. The van der Waals surface area contributed by atoms with E-state index in [1.54, 1.807) is 0 Å².